The van der Waals surface area contributed by atoms with E-state index in [1.165, 1.54) is 6.42 Å². The maximum atomic E-state index is 11.9. The number of esters is 1. The van der Waals surface area contributed by atoms with Gasteiger partial charge in [0.1, 0.15) is 0 Å². The topological polar surface area (TPSA) is 35.5 Å². The van der Waals surface area contributed by atoms with Crippen molar-refractivity contribution in [1.82, 2.24) is 0 Å². The van der Waals surface area contributed by atoms with Crippen molar-refractivity contribution < 1.29 is 14.3 Å². The first-order valence-corrected chi connectivity index (χ1v) is 6.64. The molecule has 3 heteroatoms. The van der Waals surface area contributed by atoms with Crippen LogP contribution in [-0.2, 0) is 14.3 Å². The summed E-state index contributed by atoms with van der Waals surface area (Å²) in [5, 5.41) is 0. The number of hydrogen-bond acceptors (Lipinski definition) is 3. The molecular weight excluding hydrogens is 216 g/mol. The number of hydrogen-bond donors (Lipinski definition) is 0. The predicted molar refractivity (Wildman–Crippen MR) is 65.3 cm³/mol. The number of fused-ring (bicyclic) bond motifs is 1. The Morgan fingerprint density at radius 3 is 2.65 bits per heavy atom. The average Bonchev–Trinajstić information content (AvgIpc) is 2.49. The van der Waals surface area contributed by atoms with Crippen LogP contribution in [0.3, 0.4) is 0 Å². The van der Waals surface area contributed by atoms with E-state index in [9.17, 15) is 4.79 Å². The molecule has 17 heavy (non-hydrogen) atoms. The van der Waals surface area contributed by atoms with Gasteiger partial charge >= 0.3 is 5.97 Å². The zero-order valence-corrected chi connectivity index (χ0v) is 11.6. The molecular formula is C14H24O3. The summed E-state index contributed by atoms with van der Waals surface area (Å²) >= 11 is 0. The first kappa shape index (κ1) is 12.9. The Bertz CT molecular complexity index is 325. The second kappa shape index (κ2) is 3.98. The number of methoxy groups -OCH3 is 1. The van der Waals surface area contributed by atoms with Gasteiger partial charge in [0, 0.05) is 18.9 Å². The largest absolute Gasteiger partial charge is 0.432 e. The van der Waals surface area contributed by atoms with Crippen molar-refractivity contribution in [3.8, 4) is 0 Å². The van der Waals surface area contributed by atoms with Crippen molar-refractivity contribution in [2.45, 2.75) is 52.7 Å². The summed E-state index contributed by atoms with van der Waals surface area (Å²) in [6, 6.07) is 0. The maximum absolute atomic E-state index is 11.9. The number of carbonyl (C=O) groups is 1. The Hall–Kier alpha value is -0.570. The Morgan fingerprint density at radius 2 is 2.12 bits per heavy atom. The highest BCUT2D eigenvalue weighted by molar-refractivity contribution is 5.76. The van der Waals surface area contributed by atoms with Gasteiger partial charge in [-0.1, -0.05) is 27.7 Å². The molecule has 0 radical (unpaired) electrons. The van der Waals surface area contributed by atoms with Gasteiger partial charge in [-0.15, -0.1) is 0 Å². The molecule has 0 aromatic heterocycles. The molecule has 2 rings (SSSR count). The number of rotatable bonds is 2. The van der Waals surface area contributed by atoms with E-state index in [-0.39, 0.29) is 17.3 Å². The van der Waals surface area contributed by atoms with Gasteiger partial charge in [-0.2, -0.15) is 0 Å². The zero-order chi connectivity index (χ0) is 12.8. The molecule has 3 nitrogen and oxygen atoms in total. The molecule has 2 fully saturated rings. The molecule has 0 spiro atoms. The summed E-state index contributed by atoms with van der Waals surface area (Å²) in [5.41, 5.74) is -0.162. The van der Waals surface area contributed by atoms with E-state index in [1.807, 2.05) is 6.92 Å². The molecule has 4 atom stereocenters. The van der Waals surface area contributed by atoms with E-state index < -0.39 is 5.79 Å². The minimum atomic E-state index is -0.684. The summed E-state index contributed by atoms with van der Waals surface area (Å²) in [5.74, 6) is 0.355. The summed E-state index contributed by atoms with van der Waals surface area (Å²) in [6.45, 7) is 8.58. The lowest BCUT2D eigenvalue weighted by atomic mass is 9.61. The van der Waals surface area contributed by atoms with Crippen molar-refractivity contribution >= 4 is 5.97 Å². The average molecular weight is 240 g/mol. The molecule has 1 aliphatic carbocycles. The first-order valence-electron chi connectivity index (χ1n) is 6.64. The third-order valence-corrected chi connectivity index (χ3v) is 5.28. The smallest absolute Gasteiger partial charge is 0.311 e. The third-order valence-electron chi connectivity index (χ3n) is 5.28. The van der Waals surface area contributed by atoms with Crippen LogP contribution in [0.25, 0.3) is 0 Å². The fourth-order valence-corrected chi connectivity index (χ4v) is 3.50. The third kappa shape index (κ3) is 1.62. The summed E-state index contributed by atoms with van der Waals surface area (Å²) in [6.07, 6.45) is 3.02. The zero-order valence-electron chi connectivity index (χ0n) is 11.6. The van der Waals surface area contributed by atoms with Crippen LogP contribution in [0.4, 0.5) is 0 Å². The van der Waals surface area contributed by atoms with Crippen LogP contribution >= 0.6 is 0 Å². The minimum absolute atomic E-state index is 0.0597. The van der Waals surface area contributed by atoms with Gasteiger partial charge in [0.15, 0.2) is 0 Å². The van der Waals surface area contributed by atoms with Crippen molar-refractivity contribution in [3.05, 3.63) is 0 Å². The van der Waals surface area contributed by atoms with Crippen molar-refractivity contribution in [2.75, 3.05) is 7.11 Å². The minimum Gasteiger partial charge on any atom is -0.432 e. The molecule has 0 aromatic carbocycles. The molecule has 1 saturated heterocycles. The van der Waals surface area contributed by atoms with Gasteiger partial charge in [-0.05, 0) is 24.7 Å². The highest BCUT2D eigenvalue weighted by Gasteiger charge is 2.65. The second-order valence-corrected chi connectivity index (χ2v) is 6.26. The van der Waals surface area contributed by atoms with Crippen molar-refractivity contribution in [3.63, 3.8) is 0 Å². The number of carbonyl (C=O) groups excluding carboxylic acids is 1. The van der Waals surface area contributed by atoms with Crippen LogP contribution in [0.5, 0.6) is 0 Å². The van der Waals surface area contributed by atoms with Crippen LogP contribution in [0.2, 0.25) is 0 Å². The van der Waals surface area contributed by atoms with Gasteiger partial charge in [0.2, 0.25) is 5.79 Å². The Labute approximate surface area is 104 Å². The number of ether oxygens (including phenoxy) is 2. The van der Waals surface area contributed by atoms with E-state index in [0.717, 1.165) is 12.8 Å². The van der Waals surface area contributed by atoms with Gasteiger partial charge in [-0.3, -0.25) is 4.79 Å². The summed E-state index contributed by atoms with van der Waals surface area (Å²) in [4.78, 5) is 11.9. The van der Waals surface area contributed by atoms with Crippen molar-refractivity contribution in [2.24, 2.45) is 23.2 Å². The molecule has 98 valence electrons. The van der Waals surface area contributed by atoms with Crippen LogP contribution in [0.15, 0.2) is 0 Å². The molecule has 1 saturated carbocycles. The lowest BCUT2D eigenvalue weighted by molar-refractivity contribution is -0.264. The standard InChI is InChI=1S/C14H24O3/c1-9(2)11-6-7-13(4)10(3)12(15)17-14(13,8-11)16-5/h9-11H,6-8H2,1-5H3/t10-,11+,13-,14-/m0/s1. The lowest BCUT2D eigenvalue weighted by Crippen LogP contribution is -2.52. The van der Waals surface area contributed by atoms with Crippen LogP contribution in [0.1, 0.15) is 47.0 Å². The van der Waals surface area contributed by atoms with E-state index in [0.29, 0.717) is 11.8 Å². The van der Waals surface area contributed by atoms with E-state index in [2.05, 4.69) is 20.8 Å². The van der Waals surface area contributed by atoms with Gasteiger partial charge in [0.05, 0.1) is 5.92 Å². The monoisotopic (exact) mass is 240 g/mol. The quantitative estimate of drug-likeness (QED) is 0.696. The Balaban J connectivity index is 2.33. The van der Waals surface area contributed by atoms with E-state index in [4.69, 9.17) is 9.47 Å². The SMILES string of the molecule is CO[C@]12C[C@H](C(C)C)CC[C@@]1(C)[C@@H](C)C(=O)O2. The Kier molecular flexibility index (Phi) is 3.01. The molecule has 1 heterocycles. The highest BCUT2D eigenvalue weighted by Crippen LogP contribution is 2.58. The second-order valence-electron chi connectivity index (χ2n) is 6.26. The van der Waals surface area contributed by atoms with Gasteiger partial charge in [-0.25, -0.2) is 0 Å². The van der Waals surface area contributed by atoms with Crippen LogP contribution in [-0.4, -0.2) is 18.9 Å². The first-order chi connectivity index (χ1) is 7.86. The van der Waals surface area contributed by atoms with E-state index >= 15 is 0 Å². The summed E-state index contributed by atoms with van der Waals surface area (Å²) < 4.78 is 11.3. The maximum Gasteiger partial charge on any atom is 0.311 e. The fourth-order valence-electron chi connectivity index (χ4n) is 3.50. The molecule has 0 N–H and O–H groups in total. The predicted octanol–water partition coefficient (Wildman–Crippen LogP) is 2.98. The fraction of sp³-hybridized carbons (Fsp3) is 0.929. The van der Waals surface area contributed by atoms with Crippen LogP contribution < -0.4 is 0 Å². The molecule has 0 aromatic rings. The molecule has 0 amide bonds. The lowest BCUT2D eigenvalue weighted by Gasteiger charge is -2.48. The van der Waals surface area contributed by atoms with Crippen molar-refractivity contribution in [1.29, 1.82) is 0 Å². The molecule has 0 bridgehead atoms. The van der Waals surface area contributed by atoms with E-state index in [1.54, 1.807) is 7.11 Å². The highest BCUT2D eigenvalue weighted by atomic mass is 16.7. The van der Waals surface area contributed by atoms with Gasteiger partial charge < -0.3 is 9.47 Å². The Morgan fingerprint density at radius 1 is 1.47 bits per heavy atom. The summed E-state index contributed by atoms with van der Waals surface area (Å²) in [7, 11) is 1.67. The molecule has 0 unspecified atom stereocenters. The molecule has 2 aliphatic rings. The van der Waals surface area contributed by atoms with Crippen LogP contribution in [0, 0.1) is 23.2 Å². The molecule has 1 aliphatic heterocycles. The van der Waals surface area contributed by atoms with Gasteiger partial charge in [0.25, 0.3) is 0 Å². The normalized spacial score (nSPS) is 45.9.